The summed E-state index contributed by atoms with van der Waals surface area (Å²) in [5.41, 5.74) is 2.54. The van der Waals surface area contributed by atoms with Gasteiger partial charge in [0.2, 0.25) is 5.91 Å². The van der Waals surface area contributed by atoms with Crippen molar-refractivity contribution in [1.29, 1.82) is 0 Å². The summed E-state index contributed by atoms with van der Waals surface area (Å²) in [4.78, 5) is 33.5. The number of amides is 2. The van der Waals surface area contributed by atoms with Crippen LogP contribution in [0.4, 0.5) is 0 Å². The van der Waals surface area contributed by atoms with Crippen LogP contribution in [0.15, 0.2) is 30.3 Å². The molecule has 2 saturated carbocycles. The Morgan fingerprint density at radius 2 is 1.88 bits per heavy atom. The van der Waals surface area contributed by atoms with Gasteiger partial charge in [0, 0.05) is 31.1 Å². The Hall–Kier alpha value is -2.63. The van der Waals surface area contributed by atoms with Crippen LogP contribution in [0.1, 0.15) is 76.5 Å². The van der Waals surface area contributed by atoms with Crippen molar-refractivity contribution in [2.24, 2.45) is 22.7 Å². The third kappa shape index (κ3) is 3.75. The van der Waals surface area contributed by atoms with Gasteiger partial charge in [-0.1, -0.05) is 65.0 Å². The molecule has 3 atom stereocenters. The van der Waals surface area contributed by atoms with E-state index in [9.17, 15) is 9.59 Å². The lowest BCUT2D eigenvalue weighted by Crippen LogP contribution is -2.52. The second kappa shape index (κ2) is 8.24. The van der Waals surface area contributed by atoms with E-state index in [0.717, 1.165) is 17.1 Å². The second-order valence-corrected chi connectivity index (χ2v) is 12.0. The minimum atomic E-state index is -0.101. The fourth-order valence-corrected chi connectivity index (χ4v) is 6.91. The largest absolute Gasteiger partial charge is 0.347 e. The smallest absolute Gasteiger partial charge is 0.272 e. The Balaban J connectivity index is 1.49. The van der Waals surface area contributed by atoms with Crippen molar-refractivity contribution >= 4 is 11.8 Å². The molecule has 2 aliphatic carbocycles. The standard InChI is InChI=1S/C28H38N4O2/c1-18(2)15-22(33)31-13-14-32-21(17-31)23(29-24(32)19-9-7-6-8-10-19)25(34)30-26-27(3,4)20-11-12-28(26,5)16-20/h6-10,18,20,26H,11-17H2,1-5H3,(H,30,34). The summed E-state index contributed by atoms with van der Waals surface area (Å²) in [6.07, 6.45) is 4.12. The molecule has 2 fully saturated rings. The molecule has 1 aromatic carbocycles. The quantitative estimate of drug-likeness (QED) is 0.688. The first-order valence-electron chi connectivity index (χ1n) is 12.8. The van der Waals surface area contributed by atoms with E-state index in [1.807, 2.05) is 35.2 Å². The van der Waals surface area contributed by atoms with Gasteiger partial charge in [-0.15, -0.1) is 0 Å². The number of imidazole rings is 1. The zero-order valence-electron chi connectivity index (χ0n) is 21.2. The van der Waals surface area contributed by atoms with E-state index in [1.54, 1.807) is 0 Å². The molecule has 34 heavy (non-hydrogen) atoms. The number of benzene rings is 1. The monoisotopic (exact) mass is 462 g/mol. The van der Waals surface area contributed by atoms with Gasteiger partial charge in [0.15, 0.2) is 5.69 Å². The number of carbonyl (C=O) groups excluding carboxylic acids is 2. The Morgan fingerprint density at radius 3 is 2.53 bits per heavy atom. The molecule has 3 unspecified atom stereocenters. The molecule has 1 aliphatic heterocycles. The molecule has 3 aliphatic rings. The van der Waals surface area contributed by atoms with Gasteiger partial charge in [0.25, 0.3) is 5.91 Å². The summed E-state index contributed by atoms with van der Waals surface area (Å²) >= 11 is 0. The highest BCUT2D eigenvalue weighted by Crippen LogP contribution is 2.62. The maximum Gasteiger partial charge on any atom is 0.272 e. The molecule has 2 amide bonds. The lowest BCUT2D eigenvalue weighted by atomic mass is 9.68. The minimum absolute atomic E-state index is 0.0734. The van der Waals surface area contributed by atoms with Crippen LogP contribution in [0.25, 0.3) is 11.4 Å². The van der Waals surface area contributed by atoms with Crippen molar-refractivity contribution in [3.05, 3.63) is 41.7 Å². The molecule has 1 aromatic heterocycles. The van der Waals surface area contributed by atoms with Crippen molar-refractivity contribution in [3.63, 3.8) is 0 Å². The predicted octanol–water partition coefficient (Wildman–Crippen LogP) is 4.88. The third-order valence-electron chi connectivity index (χ3n) is 8.73. The Bertz CT molecular complexity index is 1100. The van der Waals surface area contributed by atoms with Gasteiger partial charge in [-0.3, -0.25) is 9.59 Å². The van der Waals surface area contributed by atoms with Gasteiger partial charge >= 0.3 is 0 Å². The van der Waals surface area contributed by atoms with Crippen molar-refractivity contribution < 1.29 is 9.59 Å². The van der Waals surface area contributed by atoms with Crippen molar-refractivity contribution in [2.75, 3.05) is 6.54 Å². The molecule has 0 saturated heterocycles. The number of nitrogens with zero attached hydrogens (tertiary/aromatic N) is 3. The van der Waals surface area contributed by atoms with Crippen molar-refractivity contribution in [3.8, 4) is 11.4 Å². The van der Waals surface area contributed by atoms with E-state index in [-0.39, 0.29) is 28.7 Å². The molecular weight excluding hydrogens is 424 g/mol. The molecule has 6 nitrogen and oxygen atoms in total. The molecule has 2 bridgehead atoms. The van der Waals surface area contributed by atoms with Crippen LogP contribution in [0, 0.1) is 22.7 Å². The van der Waals surface area contributed by atoms with Gasteiger partial charge in [0.05, 0.1) is 12.2 Å². The lowest BCUT2D eigenvalue weighted by Gasteiger charge is -2.43. The maximum atomic E-state index is 13.8. The van der Waals surface area contributed by atoms with Crippen LogP contribution < -0.4 is 5.32 Å². The number of nitrogens with one attached hydrogen (secondary N) is 1. The van der Waals surface area contributed by atoms with Crippen LogP contribution in [-0.4, -0.2) is 38.9 Å². The van der Waals surface area contributed by atoms with Crippen molar-refractivity contribution in [1.82, 2.24) is 19.8 Å². The Labute approximate surface area is 203 Å². The normalized spacial score (nSPS) is 27.2. The lowest BCUT2D eigenvalue weighted by molar-refractivity contribution is -0.133. The number of hydrogen-bond acceptors (Lipinski definition) is 3. The predicted molar refractivity (Wildman–Crippen MR) is 133 cm³/mol. The third-order valence-corrected chi connectivity index (χ3v) is 8.73. The zero-order chi connectivity index (χ0) is 24.3. The van der Waals surface area contributed by atoms with Gasteiger partial charge in [-0.05, 0) is 41.9 Å². The fourth-order valence-electron chi connectivity index (χ4n) is 6.91. The summed E-state index contributed by atoms with van der Waals surface area (Å²) < 4.78 is 2.15. The molecule has 0 spiro atoms. The van der Waals surface area contributed by atoms with E-state index in [2.05, 4.69) is 44.5 Å². The molecule has 6 heteroatoms. The first-order valence-corrected chi connectivity index (χ1v) is 12.8. The fraction of sp³-hybridized carbons (Fsp3) is 0.607. The molecule has 1 N–H and O–H groups in total. The van der Waals surface area contributed by atoms with Crippen LogP contribution in [0.3, 0.4) is 0 Å². The van der Waals surface area contributed by atoms with Gasteiger partial charge < -0.3 is 14.8 Å². The summed E-state index contributed by atoms with van der Waals surface area (Å²) in [6, 6.07) is 10.2. The molecular formula is C28H38N4O2. The first-order chi connectivity index (χ1) is 16.1. The highest BCUT2D eigenvalue weighted by atomic mass is 16.2. The van der Waals surface area contributed by atoms with Crippen LogP contribution in [0.2, 0.25) is 0 Å². The summed E-state index contributed by atoms with van der Waals surface area (Å²) in [5, 5.41) is 3.43. The molecule has 2 heterocycles. The van der Waals surface area contributed by atoms with E-state index in [4.69, 9.17) is 4.98 Å². The Morgan fingerprint density at radius 1 is 1.15 bits per heavy atom. The highest BCUT2D eigenvalue weighted by molar-refractivity contribution is 5.95. The van der Waals surface area contributed by atoms with E-state index in [1.165, 1.54) is 19.3 Å². The molecule has 2 aromatic rings. The zero-order valence-corrected chi connectivity index (χ0v) is 21.2. The van der Waals surface area contributed by atoms with E-state index in [0.29, 0.717) is 43.6 Å². The first kappa shape index (κ1) is 23.1. The minimum Gasteiger partial charge on any atom is -0.347 e. The maximum absolute atomic E-state index is 13.8. The number of hydrogen-bond donors (Lipinski definition) is 1. The average molecular weight is 463 g/mol. The number of rotatable bonds is 5. The number of aromatic nitrogens is 2. The molecule has 182 valence electrons. The molecule has 5 rings (SSSR count). The number of fused-ring (bicyclic) bond motifs is 3. The van der Waals surface area contributed by atoms with Crippen LogP contribution in [0.5, 0.6) is 0 Å². The van der Waals surface area contributed by atoms with E-state index < -0.39 is 0 Å². The summed E-state index contributed by atoms with van der Waals surface area (Å²) in [7, 11) is 0. The SMILES string of the molecule is CC(C)CC(=O)N1CCn2c(-c3ccccc3)nc(C(=O)NC3C4(C)CCC(C4)C3(C)C)c2C1. The van der Waals surface area contributed by atoms with Crippen LogP contribution in [-0.2, 0) is 17.9 Å². The molecule has 0 radical (unpaired) electrons. The summed E-state index contributed by atoms with van der Waals surface area (Å²) in [6.45, 7) is 12.8. The number of carbonyl (C=O) groups is 2. The second-order valence-electron chi connectivity index (χ2n) is 12.0. The Kier molecular flexibility index (Phi) is 5.61. The van der Waals surface area contributed by atoms with E-state index >= 15 is 0 Å². The topological polar surface area (TPSA) is 67.2 Å². The van der Waals surface area contributed by atoms with Crippen LogP contribution >= 0.6 is 0 Å². The van der Waals surface area contributed by atoms with Crippen molar-refractivity contribution in [2.45, 2.75) is 79.4 Å². The van der Waals surface area contributed by atoms with Gasteiger partial charge in [-0.25, -0.2) is 4.98 Å². The van der Waals surface area contributed by atoms with Gasteiger partial charge in [0.1, 0.15) is 5.82 Å². The average Bonchev–Trinajstić information content (AvgIpc) is 3.43. The highest BCUT2D eigenvalue weighted by Gasteiger charge is 2.59. The summed E-state index contributed by atoms with van der Waals surface area (Å²) in [5.74, 6) is 1.83. The van der Waals surface area contributed by atoms with Gasteiger partial charge in [-0.2, -0.15) is 0 Å².